The average Bonchev–Trinajstić information content (AvgIpc) is 2.68. The maximum absolute atomic E-state index is 12.9. The molecule has 0 aliphatic heterocycles. The van der Waals surface area contributed by atoms with E-state index in [0.717, 1.165) is 13.0 Å². The monoisotopic (exact) mass is 405 g/mol. The lowest BCUT2D eigenvalue weighted by Gasteiger charge is -2.20. The molecule has 2 rings (SSSR count). The van der Waals surface area contributed by atoms with Gasteiger partial charge in [0.05, 0.1) is 17.1 Å². The summed E-state index contributed by atoms with van der Waals surface area (Å²) in [5.74, 6) is -0.203. The minimum atomic E-state index is -3.73. The Labute approximate surface area is 167 Å². The highest BCUT2D eigenvalue weighted by molar-refractivity contribution is 7.92. The second kappa shape index (κ2) is 10.2. The molecule has 2 aromatic carbocycles. The zero-order chi connectivity index (χ0) is 20.6. The van der Waals surface area contributed by atoms with E-state index in [2.05, 4.69) is 5.32 Å². The first kappa shape index (κ1) is 21.9. The minimum Gasteiger partial charge on any atom is -0.385 e. The van der Waals surface area contributed by atoms with Crippen molar-refractivity contribution in [2.75, 3.05) is 50.5 Å². The van der Waals surface area contributed by atoms with Crippen LogP contribution in [0.15, 0.2) is 59.5 Å². The molecular weight excluding hydrogens is 378 g/mol. The summed E-state index contributed by atoms with van der Waals surface area (Å²) in [4.78, 5) is 14.2. The molecule has 0 bridgehead atoms. The zero-order valence-corrected chi connectivity index (χ0v) is 17.3. The molecule has 0 aromatic heterocycles. The molecule has 28 heavy (non-hydrogen) atoms. The van der Waals surface area contributed by atoms with Crippen LogP contribution in [0.25, 0.3) is 0 Å². The number of hydrogen-bond donors (Lipinski definition) is 1. The van der Waals surface area contributed by atoms with Gasteiger partial charge >= 0.3 is 0 Å². The maximum atomic E-state index is 12.9. The SMILES string of the molecule is COCCCN(C)CC(=O)Nc1cccc(S(=O)(=O)N(C)c2ccccc2)c1. The molecule has 0 radical (unpaired) electrons. The lowest BCUT2D eigenvalue weighted by Crippen LogP contribution is -2.31. The Balaban J connectivity index is 2.06. The highest BCUT2D eigenvalue weighted by Crippen LogP contribution is 2.23. The number of amides is 1. The summed E-state index contributed by atoms with van der Waals surface area (Å²) in [5.41, 5.74) is 1.01. The van der Waals surface area contributed by atoms with Gasteiger partial charge in [0.2, 0.25) is 5.91 Å². The maximum Gasteiger partial charge on any atom is 0.264 e. The van der Waals surface area contributed by atoms with Gasteiger partial charge in [0.15, 0.2) is 0 Å². The molecule has 0 spiro atoms. The Morgan fingerprint density at radius 2 is 1.79 bits per heavy atom. The third-order valence-electron chi connectivity index (χ3n) is 4.20. The van der Waals surface area contributed by atoms with Gasteiger partial charge in [-0.3, -0.25) is 14.0 Å². The van der Waals surface area contributed by atoms with Crippen LogP contribution in [-0.4, -0.2) is 60.1 Å². The van der Waals surface area contributed by atoms with Gasteiger partial charge < -0.3 is 10.1 Å². The normalized spacial score (nSPS) is 11.4. The molecule has 152 valence electrons. The Kier molecular flexibility index (Phi) is 7.98. The summed E-state index contributed by atoms with van der Waals surface area (Å²) in [6.45, 7) is 1.59. The fourth-order valence-electron chi connectivity index (χ4n) is 2.67. The molecule has 0 saturated carbocycles. The smallest absolute Gasteiger partial charge is 0.264 e. The van der Waals surface area contributed by atoms with Crippen molar-refractivity contribution in [2.24, 2.45) is 0 Å². The number of para-hydroxylation sites is 1. The van der Waals surface area contributed by atoms with Crippen LogP contribution in [0, 0.1) is 0 Å². The molecule has 2 aromatic rings. The first-order valence-corrected chi connectivity index (χ1v) is 10.4. The van der Waals surface area contributed by atoms with Crippen molar-refractivity contribution in [3.63, 3.8) is 0 Å². The van der Waals surface area contributed by atoms with E-state index in [9.17, 15) is 13.2 Å². The number of nitrogens with zero attached hydrogens (tertiary/aromatic N) is 2. The lowest BCUT2D eigenvalue weighted by molar-refractivity contribution is -0.117. The summed E-state index contributed by atoms with van der Waals surface area (Å²) in [5, 5.41) is 2.76. The molecular formula is C20H27N3O4S. The van der Waals surface area contributed by atoms with Crippen LogP contribution in [0.4, 0.5) is 11.4 Å². The number of sulfonamides is 1. The first-order valence-electron chi connectivity index (χ1n) is 8.96. The quantitative estimate of drug-likeness (QED) is 0.614. The van der Waals surface area contributed by atoms with Gasteiger partial charge in [-0.1, -0.05) is 24.3 Å². The van der Waals surface area contributed by atoms with Crippen molar-refractivity contribution in [2.45, 2.75) is 11.3 Å². The number of hydrogen-bond acceptors (Lipinski definition) is 5. The van der Waals surface area contributed by atoms with Crippen LogP contribution in [0.5, 0.6) is 0 Å². The second-order valence-electron chi connectivity index (χ2n) is 6.47. The van der Waals surface area contributed by atoms with Crippen molar-refractivity contribution in [1.29, 1.82) is 0 Å². The van der Waals surface area contributed by atoms with Crippen molar-refractivity contribution >= 4 is 27.3 Å². The van der Waals surface area contributed by atoms with Gasteiger partial charge in [-0.05, 0) is 43.8 Å². The molecule has 0 saturated heterocycles. The average molecular weight is 406 g/mol. The highest BCUT2D eigenvalue weighted by Gasteiger charge is 2.21. The molecule has 0 aliphatic carbocycles. The summed E-state index contributed by atoms with van der Waals surface area (Å²) >= 11 is 0. The Bertz CT molecular complexity index is 872. The number of nitrogens with one attached hydrogen (secondary N) is 1. The Hall–Kier alpha value is -2.42. The summed E-state index contributed by atoms with van der Waals surface area (Å²) in [6, 6.07) is 15.1. The predicted molar refractivity (Wildman–Crippen MR) is 111 cm³/mol. The van der Waals surface area contributed by atoms with Crippen LogP contribution in [0.3, 0.4) is 0 Å². The fourth-order valence-corrected chi connectivity index (χ4v) is 3.91. The van der Waals surface area contributed by atoms with E-state index < -0.39 is 10.0 Å². The number of carbonyl (C=O) groups is 1. The predicted octanol–water partition coefficient (Wildman–Crippen LogP) is 2.42. The van der Waals surface area contributed by atoms with Crippen molar-refractivity contribution in [1.82, 2.24) is 4.90 Å². The van der Waals surface area contributed by atoms with Gasteiger partial charge in [0, 0.05) is 33.0 Å². The summed E-state index contributed by atoms with van der Waals surface area (Å²) in [7, 11) is 1.27. The third-order valence-corrected chi connectivity index (χ3v) is 5.98. The minimum absolute atomic E-state index is 0.116. The van der Waals surface area contributed by atoms with E-state index in [-0.39, 0.29) is 17.3 Å². The van der Waals surface area contributed by atoms with E-state index in [1.165, 1.54) is 23.5 Å². The highest BCUT2D eigenvalue weighted by atomic mass is 32.2. The molecule has 0 unspecified atom stereocenters. The molecule has 1 amide bonds. The number of carbonyl (C=O) groups excluding carboxylic acids is 1. The summed E-state index contributed by atoms with van der Waals surface area (Å²) in [6.07, 6.45) is 0.833. The standard InChI is InChI=1S/C20H27N3O4S/c1-22(13-8-14-27-3)16-20(24)21-17-9-7-12-19(15-17)28(25,26)23(2)18-10-5-4-6-11-18/h4-7,9-12,15H,8,13-14,16H2,1-3H3,(H,21,24). The Morgan fingerprint density at radius 1 is 1.07 bits per heavy atom. The van der Waals surface area contributed by atoms with E-state index in [1.54, 1.807) is 43.5 Å². The molecule has 0 fully saturated rings. The van der Waals surface area contributed by atoms with Gasteiger partial charge in [-0.15, -0.1) is 0 Å². The van der Waals surface area contributed by atoms with Crippen LogP contribution in [0.2, 0.25) is 0 Å². The Morgan fingerprint density at radius 3 is 2.46 bits per heavy atom. The van der Waals surface area contributed by atoms with Gasteiger partial charge in [0.1, 0.15) is 0 Å². The number of rotatable bonds is 10. The molecule has 7 nitrogen and oxygen atoms in total. The molecule has 0 heterocycles. The van der Waals surface area contributed by atoms with Gasteiger partial charge in [-0.25, -0.2) is 8.42 Å². The second-order valence-corrected chi connectivity index (χ2v) is 8.44. The molecule has 8 heteroatoms. The van der Waals surface area contributed by atoms with Gasteiger partial charge in [-0.2, -0.15) is 0 Å². The largest absolute Gasteiger partial charge is 0.385 e. The van der Waals surface area contributed by atoms with E-state index in [0.29, 0.717) is 18.0 Å². The van der Waals surface area contributed by atoms with E-state index in [4.69, 9.17) is 4.74 Å². The van der Waals surface area contributed by atoms with Crippen LogP contribution in [0.1, 0.15) is 6.42 Å². The number of ether oxygens (including phenoxy) is 1. The van der Waals surface area contributed by atoms with Crippen molar-refractivity contribution < 1.29 is 17.9 Å². The third kappa shape index (κ3) is 6.05. The molecule has 0 aliphatic rings. The molecule has 1 N–H and O–H groups in total. The number of anilines is 2. The van der Waals surface area contributed by atoms with E-state index >= 15 is 0 Å². The number of benzene rings is 2. The summed E-state index contributed by atoms with van der Waals surface area (Å²) < 4.78 is 32.0. The first-order chi connectivity index (χ1) is 13.3. The van der Waals surface area contributed by atoms with Crippen molar-refractivity contribution in [3.8, 4) is 0 Å². The van der Waals surface area contributed by atoms with Crippen LogP contribution < -0.4 is 9.62 Å². The zero-order valence-electron chi connectivity index (χ0n) is 16.5. The van der Waals surface area contributed by atoms with Crippen LogP contribution >= 0.6 is 0 Å². The number of likely N-dealkylation sites (N-methyl/N-ethyl adjacent to an activating group) is 1. The van der Waals surface area contributed by atoms with E-state index in [1.807, 2.05) is 18.0 Å². The fraction of sp³-hybridized carbons (Fsp3) is 0.350. The molecule has 0 atom stereocenters. The van der Waals surface area contributed by atoms with Crippen LogP contribution in [-0.2, 0) is 19.6 Å². The number of methoxy groups -OCH3 is 1. The van der Waals surface area contributed by atoms with Gasteiger partial charge in [0.25, 0.3) is 10.0 Å². The van der Waals surface area contributed by atoms with Crippen molar-refractivity contribution in [3.05, 3.63) is 54.6 Å². The lowest BCUT2D eigenvalue weighted by atomic mass is 10.3. The topological polar surface area (TPSA) is 79.0 Å².